The van der Waals surface area contributed by atoms with E-state index in [1.54, 1.807) is 23.5 Å². The van der Waals surface area contributed by atoms with Crippen LogP contribution in [-0.2, 0) is 6.54 Å². The Balaban J connectivity index is 2.09. The minimum absolute atomic E-state index is 0.214. The predicted octanol–water partition coefficient (Wildman–Crippen LogP) is 3.94. The highest BCUT2D eigenvalue weighted by Gasteiger charge is 2.11. The topological polar surface area (TPSA) is 28.2 Å². The second kappa shape index (κ2) is 7.36. The molecule has 0 spiro atoms. The van der Waals surface area contributed by atoms with Gasteiger partial charge >= 0.3 is 0 Å². The van der Waals surface area contributed by atoms with Crippen molar-refractivity contribution in [2.24, 2.45) is 0 Å². The molecular weight excluding hydrogens is 273 g/mol. The van der Waals surface area contributed by atoms with Crippen LogP contribution in [-0.4, -0.2) is 18.1 Å². The molecule has 2 rings (SSSR count). The molecule has 0 aliphatic heterocycles. The summed E-state index contributed by atoms with van der Waals surface area (Å²) in [5.41, 5.74) is 0.969. The monoisotopic (exact) mass is 293 g/mol. The molecule has 108 valence electrons. The van der Waals surface area contributed by atoms with Crippen LogP contribution in [0.25, 0.3) is 0 Å². The van der Waals surface area contributed by atoms with E-state index in [9.17, 15) is 4.39 Å². The normalized spacial score (nSPS) is 10.8. The van der Waals surface area contributed by atoms with Crippen molar-refractivity contribution in [2.75, 3.05) is 18.0 Å². The van der Waals surface area contributed by atoms with Crippen LogP contribution in [0.5, 0.6) is 0 Å². The van der Waals surface area contributed by atoms with E-state index in [4.69, 9.17) is 0 Å². The molecule has 0 atom stereocenters. The molecule has 0 aliphatic carbocycles. The quantitative estimate of drug-likeness (QED) is 0.784. The second-order valence-corrected chi connectivity index (χ2v) is 5.60. The first-order valence-corrected chi connectivity index (χ1v) is 7.74. The number of benzene rings is 1. The van der Waals surface area contributed by atoms with Crippen molar-refractivity contribution in [1.29, 1.82) is 0 Å². The highest BCUT2D eigenvalue weighted by Crippen LogP contribution is 2.29. The van der Waals surface area contributed by atoms with Gasteiger partial charge in [-0.3, -0.25) is 0 Å². The lowest BCUT2D eigenvalue weighted by Crippen LogP contribution is -2.15. The van der Waals surface area contributed by atoms with Crippen molar-refractivity contribution in [3.8, 4) is 0 Å². The highest BCUT2D eigenvalue weighted by molar-refractivity contribution is 7.15. The van der Waals surface area contributed by atoms with Gasteiger partial charge in [-0.1, -0.05) is 6.92 Å². The smallest absolute Gasteiger partial charge is 0.190 e. The van der Waals surface area contributed by atoms with E-state index in [0.29, 0.717) is 0 Å². The summed E-state index contributed by atoms with van der Waals surface area (Å²) in [5, 5.41) is 4.32. The predicted molar refractivity (Wildman–Crippen MR) is 83.2 cm³/mol. The van der Waals surface area contributed by atoms with E-state index in [1.807, 2.05) is 6.20 Å². The molecule has 0 aliphatic rings. The maximum atomic E-state index is 13.0. The second-order valence-electron chi connectivity index (χ2n) is 4.51. The molecule has 1 aromatic heterocycles. The van der Waals surface area contributed by atoms with Gasteiger partial charge in [-0.05, 0) is 44.2 Å². The lowest BCUT2D eigenvalue weighted by molar-refractivity contribution is 0.628. The number of halogens is 1. The molecule has 5 heteroatoms. The van der Waals surface area contributed by atoms with Crippen molar-refractivity contribution in [3.05, 3.63) is 41.2 Å². The minimum Gasteiger partial charge on any atom is -0.318 e. The van der Waals surface area contributed by atoms with E-state index >= 15 is 0 Å². The van der Waals surface area contributed by atoms with Gasteiger partial charge in [0.05, 0.1) is 0 Å². The number of aromatic nitrogens is 1. The third-order valence-corrected chi connectivity index (χ3v) is 3.97. The summed E-state index contributed by atoms with van der Waals surface area (Å²) in [6, 6.07) is 6.54. The molecule has 0 bridgehead atoms. The van der Waals surface area contributed by atoms with Gasteiger partial charge < -0.3 is 10.2 Å². The third-order valence-electron chi connectivity index (χ3n) is 2.95. The van der Waals surface area contributed by atoms with Crippen molar-refractivity contribution in [1.82, 2.24) is 10.3 Å². The number of hydrogen-bond donors (Lipinski definition) is 1. The molecule has 0 saturated heterocycles. The molecule has 0 fully saturated rings. The van der Waals surface area contributed by atoms with Crippen LogP contribution in [0.1, 0.15) is 25.1 Å². The fraction of sp³-hybridized carbons (Fsp3) is 0.400. The van der Waals surface area contributed by atoms with Crippen LogP contribution in [0.2, 0.25) is 0 Å². The van der Waals surface area contributed by atoms with Crippen molar-refractivity contribution < 1.29 is 4.39 Å². The van der Waals surface area contributed by atoms with Crippen LogP contribution in [0, 0.1) is 5.82 Å². The molecule has 1 aromatic carbocycles. The minimum atomic E-state index is -0.214. The van der Waals surface area contributed by atoms with Crippen LogP contribution < -0.4 is 10.2 Å². The number of nitrogens with zero attached hydrogens (tertiary/aromatic N) is 2. The Labute approximate surface area is 123 Å². The van der Waals surface area contributed by atoms with Gasteiger partial charge in [0.25, 0.3) is 0 Å². The van der Waals surface area contributed by atoms with E-state index in [1.165, 1.54) is 17.0 Å². The summed E-state index contributed by atoms with van der Waals surface area (Å²) in [7, 11) is 0. The average Bonchev–Trinajstić information content (AvgIpc) is 2.91. The summed E-state index contributed by atoms with van der Waals surface area (Å²) >= 11 is 1.67. The molecule has 3 nitrogen and oxygen atoms in total. The Hall–Kier alpha value is -1.46. The van der Waals surface area contributed by atoms with Gasteiger partial charge in [-0.25, -0.2) is 9.37 Å². The SMILES string of the molecule is CCCNCc1cnc(N(CC)c2ccc(F)cc2)s1. The van der Waals surface area contributed by atoms with Gasteiger partial charge in [-0.15, -0.1) is 11.3 Å². The summed E-state index contributed by atoms with van der Waals surface area (Å²) in [6.45, 7) is 6.90. The maximum absolute atomic E-state index is 13.0. The fourth-order valence-corrected chi connectivity index (χ4v) is 2.91. The van der Waals surface area contributed by atoms with Crippen molar-refractivity contribution in [3.63, 3.8) is 0 Å². The molecule has 0 saturated carbocycles. The van der Waals surface area contributed by atoms with E-state index in [-0.39, 0.29) is 5.82 Å². The largest absolute Gasteiger partial charge is 0.318 e. The Bertz CT molecular complexity index is 524. The van der Waals surface area contributed by atoms with E-state index in [2.05, 4.69) is 29.0 Å². The van der Waals surface area contributed by atoms with Crippen LogP contribution in [0.15, 0.2) is 30.5 Å². The fourth-order valence-electron chi connectivity index (χ4n) is 1.94. The maximum Gasteiger partial charge on any atom is 0.190 e. The molecule has 1 N–H and O–H groups in total. The first-order chi connectivity index (χ1) is 9.74. The lowest BCUT2D eigenvalue weighted by atomic mass is 10.3. The Morgan fingerprint density at radius 2 is 2.00 bits per heavy atom. The number of rotatable bonds is 7. The third kappa shape index (κ3) is 3.77. The van der Waals surface area contributed by atoms with Crippen LogP contribution in [0.4, 0.5) is 15.2 Å². The summed E-state index contributed by atoms with van der Waals surface area (Å²) in [5.74, 6) is -0.214. The zero-order valence-corrected chi connectivity index (χ0v) is 12.7. The summed E-state index contributed by atoms with van der Waals surface area (Å²) in [6.07, 6.45) is 3.04. The Morgan fingerprint density at radius 1 is 1.25 bits per heavy atom. The van der Waals surface area contributed by atoms with Gasteiger partial charge in [-0.2, -0.15) is 0 Å². The van der Waals surface area contributed by atoms with Gasteiger partial charge in [0.1, 0.15) is 5.82 Å². The number of hydrogen-bond acceptors (Lipinski definition) is 4. The summed E-state index contributed by atoms with van der Waals surface area (Å²) < 4.78 is 13.0. The van der Waals surface area contributed by atoms with Gasteiger partial charge in [0.15, 0.2) is 5.13 Å². The van der Waals surface area contributed by atoms with E-state index in [0.717, 1.165) is 36.9 Å². The van der Waals surface area contributed by atoms with Gasteiger partial charge in [0.2, 0.25) is 0 Å². The van der Waals surface area contributed by atoms with Gasteiger partial charge in [0, 0.05) is 29.9 Å². The number of thiazole rings is 1. The number of anilines is 2. The average molecular weight is 293 g/mol. The van der Waals surface area contributed by atoms with Crippen molar-refractivity contribution in [2.45, 2.75) is 26.8 Å². The zero-order valence-electron chi connectivity index (χ0n) is 11.9. The van der Waals surface area contributed by atoms with Crippen LogP contribution in [0.3, 0.4) is 0 Å². The Kier molecular flexibility index (Phi) is 5.49. The lowest BCUT2D eigenvalue weighted by Gasteiger charge is -2.19. The van der Waals surface area contributed by atoms with Crippen LogP contribution >= 0.6 is 11.3 Å². The molecule has 0 radical (unpaired) electrons. The summed E-state index contributed by atoms with van der Waals surface area (Å²) in [4.78, 5) is 7.78. The molecule has 0 amide bonds. The Morgan fingerprint density at radius 3 is 2.65 bits per heavy atom. The molecule has 20 heavy (non-hydrogen) atoms. The molecule has 0 unspecified atom stereocenters. The molecular formula is C15H20FN3S. The number of nitrogens with one attached hydrogen (secondary N) is 1. The standard InChI is InChI=1S/C15H20FN3S/c1-3-9-17-10-14-11-18-15(20-14)19(4-2)13-7-5-12(16)6-8-13/h5-8,11,17H,3-4,9-10H2,1-2H3. The first kappa shape index (κ1) is 14.9. The molecule has 2 aromatic rings. The zero-order chi connectivity index (χ0) is 14.4. The van der Waals surface area contributed by atoms with Crippen molar-refractivity contribution >= 4 is 22.2 Å². The van der Waals surface area contributed by atoms with E-state index < -0.39 is 0 Å². The highest BCUT2D eigenvalue weighted by atomic mass is 32.1. The first-order valence-electron chi connectivity index (χ1n) is 6.93. The molecule has 1 heterocycles.